The van der Waals surface area contributed by atoms with Crippen LogP contribution in [0.5, 0.6) is 5.75 Å². The highest BCUT2D eigenvalue weighted by Gasteiger charge is 2.32. The molecule has 4 nitrogen and oxygen atoms in total. The van der Waals surface area contributed by atoms with Crippen molar-refractivity contribution in [1.82, 2.24) is 5.32 Å². The van der Waals surface area contributed by atoms with Crippen molar-refractivity contribution in [1.29, 1.82) is 0 Å². The Hall–Kier alpha value is -1.82. The molecular weight excluding hydrogens is 302 g/mol. The van der Waals surface area contributed by atoms with Gasteiger partial charge in [-0.2, -0.15) is 8.78 Å². The summed E-state index contributed by atoms with van der Waals surface area (Å²) in [4.78, 5) is 13.7. The quantitative estimate of drug-likeness (QED) is 0.932. The molecule has 0 aliphatic carbocycles. The Bertz CT molecular complexity index is 607. The molecule has 3 rings (SSSR count). The molecule has 112 valence electrons. The Balaban J connectivity index is 1.99. The number of ether oxygens (including phenoxy) is 1. The zero-order valence-corrected chi connectivity index (χ0v) is 11.7. The monoisotopic (exact) mass is 314 g/mol. The molecule has 2 heterocycles. The predicted octanol–water partition coefficient (Wildman–Crippen LogP) is 2.66. The summed E-state index contributed by atoms with van der Waals surface area (Å²) in [7, 11) is 0. The zero-order chi connectivity index (χ0) is 15.0. The number of fused-ring (bicyclic) bond motifs is 1. The van der Waals surface area contributed by atoms with Gasteiger partial charge in [0.1, 0.15) is 11.8 Å². The third-order valence-corrected chi connectivity index (χ3v) is 3.90. The summed E-state index contributed by atoms with van der Waals surface area (Å²) < 4.78 is 29.3. The van der Waals surface area contributed by atoms with E-state index < -0.39 is 6.61 Å². The number of rotatable bonds is 3. The molecule has 21 heavy (non-hydrogen) atoms. The number of alkyl halides is 2. The lowest BCUT2D eigenvalue weighted by Crippen LogP contribution is -2.42. The number of nitrogens with zero attached hydrogens (tertiary/aromatic N) is 1. The summed E-state index contributed by atoms with van der Waals surface area (Å²) >= 11 is 5.95. The number of amides is 1. The van der Waals surface area contributed by atoms with Crippen LogP contribution in [0.4, 0.5) is 14.5 Å². The number of carbonyl (C=O) groups excluding carboxylic acids is 1. The first-order valence-corrected chi connectivity index (χ1v) is 6.93. The molecule has 1 aromatic rings. The molecule has 0 saturated carbocycles. The minimum absolute atomic E-state index is 0.0532. The molecule has 0 unspecified atom stereocenters. The topological polar surface area (TPSA) is 41.6 Å². The Labute approximate surface area is 125 Å². The number of carbonyl (C=O) groups is 1. The number of halogens is 3. The highest BCUT2D eigenvalue weighted by molar-refractivity contribution is 6.32. The first-order chi connectivity index (χ1) is 10.1. The Kier molecular flexibility index (Phi) is 3.71. The van der Waals surface area contributed by atoms with E-state index in [0.29, 0.717) is 25.2 Å². The van der Waals surface area contributed by atoms with Crippen LogP contribution in [0.15, 0.2) is 18.2 Å². The van der Waals surface area contributed by atoms with Crippen molar-refractivity contribution in [2.45, 2.75) is 19.1 Å². The third-order valence-electron chi connectivity index (χ3n) is 3.60. The molecule has 0 aromatic heterocycles. The van der Waals surface area contributed by atoms with Crippen molar-refractivity contribution in [3.05, 3.63) is 28.8 Å². The van der Waals surface area contributed by atoms with Gasteiger partial charge in [-0.15, -0.1) is 0 Å². The van der Waals surface area contributed by atoms with Gasteiger partial charge in [-0.05, 0) is 18.1 Å². The number of hydrogen-bond donors (Lipinski definition) is 1. The second kappa shape index (κ2) is 5.52. The molecule has 2 aliphatic rings. The van der Waals surface area contributed by atoms with Crippen LogP contribution in [0.3, 0.4) is 0 Å². The van der Waals surface area contributed by atoms with Gasteiger partial charge in [0.15, 0.2) is 0 Å². The van der Waals surface area contributed by atoms with Crippen molar-refractivity contribution in [2.75, 3.05) is 18.0 Å². The molecule has 0 radical (unpaired) electrons. The first kappa shape index (κ1) is 14.1. The lowest BCUT2D eigenvalue weighted by molar-refractivity contribution is -0.120. The van der Waals surface area contributed by atoms with E-state index in [-0.39, 0.29) is 22.7 Å². The van der Waals surface area contributed by atoms with E-state index in [4.69, 9.17) is 11.6 Å². The van der Waals surface area contributed by atoms with E-state index in [1.807, 2.05) is 17.1 Å². The molecule has 0 spiro atoms. The second-order valence-corrected chi connectivity index (χ2v) is 5.28. The van der Waals surface area contributed by atoms with Crippen LogP contribution >= 0.6 is 11.6 Å². The molecule has 1 amide bonds. The summed E-state index contributed by atoms with van der Waals surface area (Å²) in [5.41, 5.74) is 1.46. The zero-order valence-electron chi connectivity index (χ0n) is 11.0. The highest BCUT2D eigenvalue weighted by Crippen LogP contribution is 2.38. The molecule has 1 saturated heterocycles. The smallest absolute Gasteiger partial charge is 0.387 e. The van der Waals surface area contributed by atoms with Crippen LogP contribution in [0.1, 0.15) is 12.0 Å². The lowest BCUT2D eigenvalue weighted by Gasteiger charge is -2.32. The summed E-state index contributed by atoms with van der Waals surface area (Å²) in [6.07, 6.45) is 4.45. The number of nitrogens with one attached hydrogen (secondary N) is 1. The van der Waals surface area contributed by atoms with E-state index in [1.165, 1.54) is 6.07 Å². The average Bonchev–Trinajstić information content (AvgIpc) is 2.84. The van der Waals surface area contributed by atoms with Crippen LogP contribution < -0.4 is 15.0 Å². The molecule has 1 atom stereocenters. The van der Waals surface area contributed by atoms with Gasteiger partial charge in [-0.25, -0.2) is 0 Å². The summed E-state index contributed by atoms with van der Waals surface area (Å²) in [5.74, 6) is -0.133. The normalized spacial score (nSPS) is 20.7. The largest absolute Gasteiger partial charge is 0.433 e. The Morgan fingerprint density at radius 3 is 2.90 bits per heavy atom. The van der Waals surface area contributed by atoms with E-state index in [1.54, 1.807) is 6.07 Å². The van der Waals surface area contributed by atoms with Crippen molar-refractivity contribution in [2.24, 2.45) is 0 Å². The number of hydrogen-bond acceptors (Lipinski definition) is 3. The summed E-state index contributed by atoms with van der Waals surface area (Å²) in [6.45, 7) is -1.78. The standard InChI is InChI=1S/C14H13ClF2N2O2/c15-9-6-8-2-1-5-19(10-3-4-18-13(10)20)11(8)7-12(9)21-14(16)17/h1-2,6-7,10,14H,3-5H2,(H,18,20)/t10-/m0/s1. The fourth-order valence-electron chi connectivity index (χ4n) is 2.69. The van der Waals surface area contributed by atoms with Gasteiger partial charge in [-0.3, -0.25) is 4.79 Å². The maximum absolute atomic E-state index is 12.4. The van der Waals surface area contributed by atoms with E-state index in [2.05, 4.69) is 10.1 Å². The molecule has 1 fully saturated rings. The number of anilines is 1. The van der Waals surface area contributed by atoms with E-state index in [0.717, 1.165) is 5.56 Å². The maximum Gasteiger partial charge on any atom is 0.387 e. The summed E-state index contributed by atoms with van der Waals surface area (Å²) in [6, 6.07) is 2.75. The minimum atomic E-state index is -2.94. The Morgan fingerprint density at radius 2 is 2.24 bits per heavy atom. The van der Waals surface area contributed by atoms with Crippen LogP contribution in [0.25, 0.3) is 6.08 Å². The second-order valence-electron chi connectivity index (χ2n) is 4.87. The highest BCUT2D eigenvalue weighted by atomic mass is 35.5. The van der Waals surface area contributed by atoms with Gasteiger partial charge >= 0.3 is 6.61 Å². The van der Waals surface area contributed by atoms with Gasteiger partial charge in [0.2, 0.25) is 5.91 Å². The maximum atomic E-state index is 12.4. The molecule has 1 aromatic carbocycles. The first-order valence-electron chi connectivity index (χ1n) is 6.55. The van der Waals surface area contributed by atoms with Crippen molar-refractivity contribution in [3.8, 4) is 5.75 Å². The van der Waals surface area contributed by atoms with Crippen LogP contribution in [0, 0.1) is 0 Å². The molecule has 2 aliphatic heterocycles. The fraction of sp³-hybridized carbons (Fsp3) is 0.357. The minimum Gasteiger partial charge on any atom is -0.433 e. The van der Waals surface area contributed by atoms with Crippen molar-refractivity contribution in [3.63, 3.8) is 0 Å². The molecule has 0 bridgehead atoms. The fourth-order valence-corrected chi connectivity index (χ4v) is 2.91. The van der Waals surface area contributed by atoms with Crippen LogP contribution in [0.2, 0.25) is 5.02 Å². The Morgan fingerprint density at radius 1 is 1.43 bits per heavy atom. The molecular formula is C14H13ClF2N2O2. The lowest BCUT2D eigenvalue weighted by atomic mass is 10.0. The molecule has 7 heteroatoms. The van der Waals surface area contributed by atoms with Gasteiger partial charge < -0.3 is 15.0 Å². The van der Waals surface area contributed by atoms with Gasteiger partial charge in [0.05, 0.1) is 5.02 Å². The predicted molar refractivity (Wildman–Crippen MR) is 75.9 cm³/mol. The van der Waals surface area contributed by atoms with Gasteiger partial charge in [-0.1, -0.05) is 23.8 Å². The average molecular weight is 315 g/mol. The van der Waals surface area contributed by atoms with Crippen LogP contribution in [-0.4, -0.2) is 31.7 Å². The summed E-state index contributed by atoms with van der Waals surface area (Å²) in [5, 5.41) is 2.90. The number of benzene rings is 1. The van der Waals surface area contributed by atoms with Gasteiger partial charge in [0, 0.05) is 24.8 Å². The SMILES string of the molecule is O=C1NCC[C@@H]1N1CC=Cc2cc(Cl)c(OC(F)F)cc21. The van der Waals surface area contributed by atoms with Crippen molar-refractivity contribution >= 4 is 29.3 Å². The van der Waals surface area contributed by atoms with E-state index in [9.17, 15) is 13.6 Å². The molecule has 1 N–H and O–H groups in total. The van der Waals surface area contributed by atoms with Gasteiger partial charge in [0.25, 0.3) is 0 Å². The van der Waals surface area contributed by atoms with E-state index >= 15 is 0 Å². The third kappa shape index (κ3) is 2.68. The van der Waals surface area contributed by atoms with Crippen molar-refractivity contribution < 1.29 is 18.3 Å². The van der Waals surface area contributed by atoms with Crippen LogP contribution in [-0.2, 0) is 4.79 Å².